The van der Waals surface area contributed by atoms with E-state index in [1.54, 1.807) is 32.1 Å². The molecule has 2 heterocycles. The Labute approximate surface area is 146 Å². The summed E-state index contributed by atoms with van der Waals surface area (Å²) in [4.78, 5) is 31.2. The fourth-order valence-electron chi connectivity index (χ4n) is 2.70. The summed E-state index contributed by atoms with van der Waals surface area (Å²) in [6.45, 7) is 8.25. The molecular formula is C18H24N2O3S. The van der Waals surface area contributed by atoms with Crippen molar-refractivity contribution < 1.29 is 14.3 Å². The number of hydrogen-bond donors (Lipinski definition) is 1. The van der Waals surface area contributed by atoms with Crippen LogP contribution >= 0.6 is 11.3 Å². The molecule has 0 aliphatic heterocycles. The maximum atomic E-state index is 12.9. The summed E-state index contributed by atoms with van der Waals surface area (Å²) in [5.74, 6) is -0.410. The summed E-state index contributed by atoms with van der Waals surface area (Å²) in [6.07, 6.45) is 0. The number of carbonyl (C=O) groups is 2. The van der Waals surface area contributed by atoms with E-state index in [4.69, 9.17) is 4.74 Å². The van der Waals surface area contributed by atoms with Gasteiger partial charge in [0.1, 0.15) is 0 Å². The Hall–Kier alpha value is -1.92. The summed E-state index contributed by atoms with van der Waals surface area (Å²) < 4.78 is 5.08. The van der Waals surface area contributed by atoms with Crippen LogP contribution in [-0.4, -0.2) is 41.3 Å². The average molecular weight is 348 g/mol. The molecule has 24 heavy (non-hydrogen) atoms. The van der Waals surface area contributed by atoms with E-state index in [1.807, 2.05) is 30.3 Å². The molecule has 0 saturated carbocycles. The molecule has 2 rings (SSSR count). The molecule has 130 valence electrons. The molecular weight excluding hydrogens is 324 g/mol. The predicted molar refractivity (Wildman–Crippen MR) is 95.8 cm³/mol. The van der Waals surface area contributed by atoms with Crippen molar-refractivity contribution in [3.05, 3.63) is 44.9 Å². The zero-order chi connectivity index (χ0) is 17.9. The summed E-state index contributed by atoms with van der Waals surface area (Å²) in [5, 5.41) is 2.03. The van der Waals surface area contributed by atoms with E-state index in [-0.39, 0.29) is 17.8 Å². The molecule has 1 atom stereocenters. The van der Waals surface area contributed by atoms with Gasteiger partial charge in [0.15, 0.2) is 5.78 Å². The van der Waals surface area contributed by atoms with Crippen LogP contribution in [0.4, 0.5) is 0 Å². The highest BCUT2D eigenvalue weighted by atomic mass is 32.1. The molecule has 2 aromatic heterocycles. The maximum absolute atomic E-state index is 12.9. The van der Waals surface area contributed by atoms with Gasteiger partial charge >= 0.3 is 5.97 Å². The lowest BCUT2D eigenvalue weighted by Gasteiger charge is -2.22. The lowest BCUT2D eigenvalue weighted by atomic mass is 10.0. The molecule has 5 nitrogen and oxygen atoms in total. The van der Waals surface area contributed by atoms with Crippen molar-refractivity contribution in [1.29, 1.82) is 0 Å². The zero-order valence-corrected chi connectivity index (χ0v) is 15.6. The number of carbonyl (C=O) groups excluding carboxylic acids is 2. The van der Waals surface area contributed by atoms with Gasteiger partial charge in [-0.1, -0.05) is 6.07 Å². The number of thiophene rings is 1. The topological polar surface area (TPSA) is 62.4 Å². The molecule has 0 aliphatic rings. The number of ether oxygens (including phenoxy) is 1. The van der Waals surface area contributed by atoms with Gasteiger partial charge in [-0.25, -0.2) is 4.79 Å². The number of aryl methyl sites for hydroxylation is 1. The lowest BCUT2D eigenvalue weighted by Crippen LogP contribution is -2.35. The number of nitrogens with one attached hydrogen (secondary N) is 1. The first-order chi connectivity index (χ1) is 11.4. The van der Waals surface area contributed by atoms with Gasteiger partial charge in [-0.05, 0) is 51.8 Å². The van der Waals surface area contributed by atoms with Crippen LogP contribution in [0, 0.1) is 13.8 Å². The van der Waals surface area contributed by atoms with Gasteiger partial charge in [-0.2, -0.15) is 0 Å². The molecule has 0 saturated heterocycles. The van der Waals surface area contributed by atoms with Crippen molar-refractivity contribution in [3.63, 3.8) is 0 Å². The molecule has 6 heteroatoms. The second-order valence-electron chi connectivity index (χ2n) is 5.88. The minimum atomic E-state index is -0.387. The molecule has 1 N–H and O–H groups in total. The number of esters is 1. The molecule has 2 aromatic rings. The fraction of sp³-hybridized carbons (Fsp3) is 0.444. The quantitative estimate of drug-likeness (QED) is 0.614. The average Bonchev–Trinajstić information content (AvgIpc) is 3.14. The van der Waals surface area contributed by atoms with E-state index in [2.05, 4.69) is 11.1 Å². The SMILES string of the molecule is CCOC(=O)c1c(C)[nH]c(C(=O)[C@H](C)N(C)Cc2cccs2)c1C. The van der Waals surface area contributed by atoms with Crippen molar-refractivity contribution in [2.24, 2.45) is 0 Å². The normalized spacial score (nSPS) is 12.4. The minimum absolute atomic E-state index is 0.0230. The van der Waals surface area contributed by atoms with Crippen molar-refractivity contribution >= 4 is 23.1 Å². The zero-order valence-electron chi connectivity index (χ0n) is 14.8. The van der Waals surface area contributed by atoms with Crippen LogP contribution in [0.25, 0.3) is 0 Å². The van der Waals surface area contributed by atoms with E-state index in [9.17, 15) is 9.59 Å². The Balaban J connectivity index is 2.20. The first-order valence-corrected chi connectivity index (χ1v) is 8.87. The third-order valence-corrected chi connectivity index (χ3v) is 5.05. The largest absolute Gasteiger partial charge is 0.462 e. The van der Waals surface area contributed by atoms with Crippen LogP contribution in [0.3, 0.4) is 0 Å². The lowest BCUT2D eigenvalue weighted by molar-refractivity contribution is 0.0525. The Bertz CT molecular complexity index is 719. The second kappa shape index (κ2) is 7.77. The Morgan fingerprint density at radius 1 is 1.38 bits per heavy atom. The maximum Gasteiger partial charge on any atom is 0.340 e. The summed E-state index contributed by atoms with van der Waals surface area (Å²) in [7, 11) is 1.93. The van der Waals surface area contributed by atoms with Crippen molar-refractivity contribution in [2.75, 3.05) is 13.7 Å². The molecule has 0 aliphatic carbocycles. The second-order valence-corrected chi connectivity index (χ2v) is 6.91. The molecule has 0 amide bonds. The third-order valence-electron chi connectivity index (χ3n) is 4.19. The Morgan fingerprint density at radius 3 is 2.67 bits per heavy atom. The number of rotatable bonds is 7. The van der Waals surface area contributed by atoms with Gasteiger partial charge in [0, 0.05) is 17.1 Å². The van der Waals surface area contributed by atoms with Gasteiger partial charge in [-0.3, -0.25) is 9.69 Å². The van der Waals surface area contributed by atoms with Crippen LogP contribution in [0.5, 0.6) is 0 Å². The van der Waals surface area contributed by atoms with Crippen molar-refractivity contribution in [1.82, 2.24) is 9.88 Å². The first-order valence-electron chi connectivity index (χ1n) is 7.99. The first kappa shape index (κ1) is 18.4. The number of aromatic nitrogens is 1. The molecule has 0 aromatic carbocycles. The number of likely N-dealkylation sites (N-methyl/N-ethyl adjacent to an activating group) is 1. The van der Waals surface area contributed by atoms with E-state index >= 15 is 0 Å². The fourth-order valence-corrected chi connectivity index (χ4v) is 3.47. The van der Waals surface area contributed by atoms with Crippen LogP contribution < -0.4 is 0 Å². The molecule has 0 radical (unpaired) electrons. The van der Waals surface area contributed by atoms with E-state index < -0.39 is 0 Å². The summed E-state index contributed by atoms with van der Waals surface area (Å²) >= 11 is 1.67. The Kier molecular flexibility index (Phi) is 5.96. The van der Waals surface area contributed by atoms with Gasteiger partial charge in [-0.15, -0.1) is 11.3 Å². The highest BCUT2D eigenvalue weighted by Crippen LogP contribution is 2.22. The van der Waals surface area contributed by atoms with Crippen LogP contribution in [0.15, 0.2) is 17.5 Å². The smallest absolute Gasteiger partial charge is 0.340 e. The van der Waals surface area contributed by atoms with Gasteiger partial charge in [0.2, 0.25) is 0 Å². The third kappa shape index (κ3) is 3.76. The number of H-pyrrole nitrogens is 1. The van der Waals surface area contributed by atoms with Crippen LogP contribution in [-0.2, 0) is 11.3 Å². The van der Waals surface area contributed by atoms with Crippen molar-refractivity contribution in [2.45, 2.75) is 40.3 Å². The van der Waals surface area contributed by atoms with E-state index in [1.165, 1.54) is 4.88 Å². The monoisotopic (exact) mass is 348 g/mol. The number of hydrogen-bond acceptors (Lipinski definition) is 5. The molecule has 0 fully saturated rings. The molecule has 0 unspecified atom stereocenters. The van der Waals surface area contributed by atoms with Crippen LogP contribution in [0.2, 0.25) is 0 Å². The van der Waals surface area contributed by atoms with Gasteiger partial charge in [0.05, 0.1) is 23.9 Å². The molecule has 0 bridgehead atoms. The molecule has 0 spiro atoms. The number of nitrogens with zero attached hydrogens (tertiary/aromatic N) is 1. The van der Waals surface area contributed by atoms with E-state index in [0.29, 0.717) is 35.7 Å². The highest BCUT2D eigenvalue weighted by molar-refractivity contribution is 7.09. The number of Topliss-reactive ketones (excluding diaryl/α,β-unsaturated/α-hetero) is 1. The van der Waals surface area contributed by atoms with Gasteiger partial charge in [0.25, 0.3) is 0 Å². The van der Waals surface area contributed by atoms with E-state index in [0.717, 1.165) is 0 Å². The van der Waals surface area contributed by atoms with Crippen molar-refractivity contribution in [3.8, 4) is 0 Å². The number of aromatic amines is 1. The summed E-state index contributed by atoms with van der Waals surface area (Å²) in [5.41, 5.74) is 2.28. The highest BCUT2D eigenvalue weighted by Gasteiger charge is 2.27. The summed E-state index contributed by atoms with van der Waals surface area (Å²) in [6, 6.07) is 3.77. The van der Waals surface area contributed by atoms with Crippen LogP contribution in [0.1, 0.15) is 50.8 Å². The Morgan fingerprint density at radius 2 is 2.08 bits per heavy atom. The predicted octanol–water partition coefficient (Wildman–Crippen LogP) is 3.57. The standard InChI is InChI=1S/C18H24N2O3S/c1-6-23-18(22)15-11(2)16(19-12(15)3)17(21)13(4)20(5)10-14-8-7-9-24-14/h7-9,13,19H,6,10H2,1-5H3/t13-/m0/s1. The van der Waals surface area contributed by atoms with Gasteiger partial charge < -0.3 is 9.72 Å². The number of ketones is 1. The minimum Gasteiger partial charge on any atom is -0.462 e.